The highest BCUT2D eigenvalue weighted by molar-refractivity contribution is 5.82. The molecular weight excluding hydrogens is 278 g/mol. The molecule has 0 aliphatic carbocycles. The smallest absolute Gasteiger partial charge is 0.414 e. The highest BCUT2D eigenvalue weighted by Crippen LogP contribution is 2.10. The molecule has 0 saturated carbocycles. The predicted octanol–water partition coefficient (Wildman–Crippen LogP) is 1.47. The standard InChI is InChI=1S/C13H19N3O5/c1-13(2,3)21-12(19)16-11-14-6-8(7-15-11)5-9(20-4)10(17)18/h6-7,9H,5H2,1-4H3,(H,17,18)(H,14,15,16,19). The van der Waals surface area contributed by atoms with Crippen LogP contribution in [-0.4, -0.2) is 46.0 Å². The lowest BCUT2D eigenvalue weighted by Crippen LogP contribution is -2.28. The number of hydrogen-bond acceptors (Lipinski definition) is 6. The first-order valence-electron chi connectivity index (χ1n) is 6.28. The minimum atomic E-state index is -1.06. The number of anilines is 1. The zero-order valence-corrected chi connectivity index (χ0v) is 12.4. The average molecular weight is 297 g/mol. The SMILES string of the molecule is COC(Cc1cnc(NC(=O)OC(C)(C)C)nc1)C(=O)O. The van der Waals surface area contributed by atoms with Gasteiger partial charge in [-0.15, -0.1) is 0 Å². The summed E-state index contributed by atoms with van der Waals surface area (Å²) in [7, 11) is 1.32. The van der Waals surface area contributed by atoms with Gasteiger partial charge in [-0.3, -0.25) is 5.32 Å². The fourth-order valence-electron chi connectivity index (χ4n) is 1.41. The molecule has 0 aromatic carbocycles. The van der Waals surface area contributed by atoms with Gasteiger partial charge in [-0.2, -0.15) is 0 Å². The molecule has 0 radical (unpaired) electrons. The molecule has 1 atom stereocenters. The number of nitrogens with zero attached hydrogens (tertiary/aromatic N) is 2. The van der Waals surface area contributed by atoms with E-state index in [1.54, 1.807) is 20.8 Å². The van der Waals surface area contributed by atoms with Crippen LogP contribution in [0.2, 0.25) is 0 Å². The third-order valence-corrected chi connectivity index (χ3v) is 2.30. The first-order valence-corrected chi connectivity index (χ1v) is 6.28. The van der Waals surface area contributed by atoms with Gasteiger partial charge in [0, 0.05) is 25.9 Å². The van der Waals surface area contributed by atoms with Crippen LogP contribution in [0.25, 0.3) is 0 Å². The molecule has 0 aliphatic rings. The van der Waals surface area contributed by atoms with Gasteiger partial charge in [-0.25, -0.2) is 19.6 Å². The van der Waals surface area contributed by atoms with Crippen LogP contribution in [0.15, 0.2) is 12.4 Å². The summed E-state index contributed by atoms with van der Waals surface area (Å²) in [6, 6.07) is 0. The van der Waals surface area contributed by atoms with E-state index in [9.17, 15) is 9.59 Å². The number of aliphatic carboxylic acids is 1. The van der Waals surface area contributed by atoms with E-state index in [1.807, 2.05) is 0 Å². The van der Waals surface area contributed by atoms with E-state index in [1.165, 1.54) is 19.5 Å². The number of carbonyl (C=O) groups excluding carboxylic acids is 1. The molecule has 21 heavy (non-hydrogen) atoms. The fourth-order valence-corrected chi connectivity index (χ4v) is 1.41. The summed E-state index contributed by atoms with van der Waals surface area (Å²) >= 11 is 0. The van der Waals surface area contributed by atoms with Gasteiger partial charge in [0.2, 0.25) is 5.95 Å². The number of amides is 1. The minimum Gasteiger partial charge on any atom is -0.479 e. The lowest BCUT2D eigenvalue weighted by molar-refractivity contribution is -0.148. The number of hydrogen-bond donors (Lipinski definition) is 2. The van der Waals surface area contributed by atoms with E-state index in [-0.39, 0.29) is 12.4 Å². The monoisotopic (exact) mass is 297 g/mol. The molecule has 2 N–H and O–H groups in total. The van der Waals surface area contributed by atoms with E-state index in [4.69, 9.17) is 14.6 Å². The first-order chi connectivity index (χ1) is 9.71. The second kappa shape index (κ2) is 6.98. The Bertz CT molecular complexity index is 496. The third-order valence-electron chi connectivity index (χ3n) is 2.30. The van der Waals surface area contributed by atoms with Crippen LogP contribution in [0.3, 0.4) is 0 Å². The van der Waals surface area contributed by atoms with Crippen molar-refractivity contribution in [2.75, 3.05) is 12.4 Å². The Hall–Kier alpha value is -2.22. The maximum absolute atomic E-state index is 11.5. The van der Waals surface area contributed by atoms with Gasteiger partial charge in [0.05, 0.1) is 0 Å². The molecule has 1 unspecified atom stereocenters. The van der Waals surface area contributed by atoms with E-state index in [0.717, 1.165) is 0 Å². The zero-order valence-electron chi connectivity index (χ0n) is 12.4. The molecule has 0 saturated heterocycles. The normalized spacial score (nSPS) is 12.6. The van der Waals surface area contributed by atoms with Crippen LogP contribution < -0.4 is 5.32 Å². The number of rotatable bonds is 5. The number of carboxylic acids is 1. The van der Waals surface area contributed by atoms with Crippen molar-refractivity contribution in [1.29, 1.82) is 0 Å². The van der Waals surface area contributed by atoms with Gasteiger partial charge in [0.25, 0.3) is 0 Å². The molecule has 1 amide bonds. The third kappa shape index (κ3) is 6.17. The Morgan fingerprint density at radius 3 is 2.33 bits per heavy atom. The van der Waals surface area contributed by atoms with Crippen molar-refractivity contribution in [3.05, 3.63) is 18.0 Å². The van der Waals surface area contributed by atoms with Gasteiger partial charge in [-0.1, -0.05) is 0 Å². The Balaban J connectivity index is 2.62. The quantitative estimate of drug-likeness (QED) is 0.846. The zero-order chi connectivity index (χ0) is 16.0. The summed E-state index contributed by atoms with van der Waals surface area (Å²) in [5, 5.41) is 11.3. The predicted molar refractivity (Wildman–Crippen MR) is 74.0 cm³/mol. The average Bonchev–Trinajstić information content (AvgIpc) is 2.35. The molecule has 116 valence electrons. The van der Waals surface area contributed by atoms with E-state index < -0.39 is 23.8 Å². The lowest BCUT2D eigenvalue weighted by Gasteiger charge is -2.19. The summed E-state index contributed by atoms with van der Waals surface area (Å²) < 4.78 is 9.88. The molecule has 1 aromatic heterocycles. The van der Waals surface area contributed by atoms with Gasteiger partial charge < -0.3 is 14.6 Å². The van der Waals surface area contributed by atoms with Crippen LogP contribution in [0.1, 0.15) is 26.3 Å². The van der Waals surface area contributed by atoms with Crippen molar-refractivity contribution < 1.29 is 24.2 Å². The van der Waals surface area contributed by atoms with Gasteiger partial charge in [0.15, 0.2) is 6.10 Å². The summed E-state index contributed by atoms with van der Waals surface area (Å²) in [5.74, 6) is -0.981. The van der Waals surface area contributed by atoms with Gasteiger partial charge >= 0.3 is 12.1 Å². The number of aromatic nitrogens is 2. The second-order valence-corrected chi connectivity index (χ2v) is 5.31. The maximum atomic E-state index is 11.5. The number of nitrogens with one attached hydrogen (secondary N) is 1. The first kappa shape index (κ1) is 16.8. The summed E-state index contributed by atoms with van der Waals surface area (Å²) in [5.41, 5.74) is -0.0315. The van der Waals surface area contributed by atoms with Crippen LogP contribution in [0, 0.1) is 0 Å². The molecule has 8 heteroatoms. The van der Waals surface area contributed by atoms with Crippen LogP contribution in [-0.2, 0) is 20.7 Å². The van der Waals surface area contributed by atoms with Gasteiger partial charge in [0.1, 0.15) is 5.60 Å². The number of carbonyl (C=O) groups is 2. The number of methoxy groups -OCH3 is 1. The van der Waals surface area contributed by atoms with Crippen molar-refractivity contribution >= 4 is 18.0 Å². The summed E-state index contributed by atoms with van der Waals surface area (Å²) in [6.07, 6.45) is 1.37. The Kier molecular flexibility index (Phi) is 5.60. The van der Waals surface area contributed by atoms with E-state index >= 15 is 0 Å². The molecule has 8 nitrogen and oxygen atoms in total. The molecule has 0 bridgehead atoms. The largest absolute Gasteiger partial charge is 0.479 e. The van der Waals surface area contributed by atoms with Crippen molar-refractivity contribution in [2.24, 2.45) is 0 Å². The lowest BCUT2D eigenvalue weighted by atomic mass is 10.1. The highest BCUT2D eigenvalue weighted by atomic mass is 16.6. The van der Waals surface area contributed by atoms with Crippen molar-refractivity contribution in [3.8, 4) is 0 Å². The fraction of sp³-hybridized carbons (Fsp3) is 0.538. The van der Waals surface area contributed by atoms with Gasteiger partial charge in [-0.05, 0) is 26.3 Å². The van der Waals surface area contributed by atoms with E-state index in [0.29, 0.717) is 5.56 Å². The van der Waals surface area contributed by atoms with Crippen molar-refractivity contribution in [2.45, 2.75) is 38.9 Å². The summed E-state index contributed by atoms with van der Waals surface area (Å²) in [6.45, 7) is 5.23. The van der Waals surface area contributed by atoms with Crippen molar-refractivity contribution in [1.82, 2.24) is 9.97 Å². The van der Waals surface area contributed by atoms with E-state index in [2.05, 4.69) is 15.3 Å². The van der Waals surface area contributed by atoms with Crippen molar-refractivity contribution in [3.63, 3.8) is 0 Å². The topological polar surface area (TPSA) is 111 Å². The number of carboxylic acid groups (broad SMARTS) is 1. The minimum absolute atomic E-state index is 0.0808. The maximum Gasteiger partial charge on any atom is 0.414 e. The Labute approximate surface area is 122 Å². The number of ether oxygens (including phenoxy) is 2. The Morgan fingerprint density at radius 2 is 1.90 bits per heavy atom. The summed E-state index contributed by atoms with van der Waals surface area (Å²) in [4.78, 5) is 30.2. The molecule has 1 aromatic rings. The van der Waals surface area contributed by atoms with Crippen LogP contribution in [0.4, 0.5) is 10.7 Å². The molecule has 1 heterocycles. The van der Waals surface area contributed by atoms with Crippen LogP contribution >= 0.6 is 0 Å². The second-order valence-electron chi connectivity index (χ2n) is 5.31. The highest BCUT2D eigenvalue weighted by Gasteiger charge is 2.18. The molecule has 1 rings (SSSR count). The molecular formula is C13H19N3O5. The molecule has 0 fully saturated rings. The Morgan fingerprint density at radius 1 is 1.33 bits per heavy atom. The molecule has 0 spiro atoms. The van der Waals surface area contributed by atoms with Crippen LogP contribution in [0.5, 0.6) is 0 Å². The molecule has 0 aliphatic heterocycles.